The van der Waals surface area contributed by atoms with Crippen LogP contribution in [-0.2, 0) is 11.3 Å². The van der Waals surface area contributed by atoms with Gasteiger partial charge in [-0.15, -0.1) is 0 Å². The maximum Gasteiger partial charge on any atom is 0.317 e. The molecule has 1 aromatic heterocycles. The van der Waals surface area contributed by atoms with Crippen molar-refractivity contribution in [3.05, 3.63) is 30.1 Å². The third-order valence-corrected chi connectivity index (χ3v) is 3.41. The number of carboxylic acids is 1. The van der Waals surface area contributed by atoms with Gasteiger partial charge in [0.1, 0.15) is 0 Å². The predicted octanol–water partition coefficient (Wildman–Crippen LogP) is 0.944. The Balaban J connectivity index is 1.86. The van der Waals surface area contributed by atoms with Crippen LogP contribution in [0.2, 0.25) is 0 Å². The van der Waals surface area contributed by atoms with Crippen molar-refractivity contribution < 1.29 is 14.7 Å². The first kappa shape index (κ1) is 13.3. The van der Waals surface area contributed by atoms with E-state index < -0.39 is 11.9 Å². The van der Waals surface area contributed by atoms with Gasteiger partial charge < -0.3 is 15.3 Å². The van der Waals surface area contributed by atoms with E-state index in [4.69, 9.17) is 5.11 Å². The Morgan fingerprint density at radius 1 is 1.42 bits per heavy atom. The second-order valence-corrected chi connectivity index (χ2v) is 4.84. The lowest BCUT2D eigenvalue weighted by molar-refractivity contribution is -0.142. The van der Waals surface area contributed by atoms with E-state index in [2.05, 4.69) is 10.3 Å². The van der Waals surface area contributed by atoms with Crippen LogP contribution < -0.4 is 5.32 Å². The van der Waals surface area contributed by atoms with Gasteiger partial charge in [-0.2, -0.15) is 0 Å². The highest BCUT2D eigenvalue weighted by Gasteiger charge is 2.36. The van der Waals surface area contributed by atoms with Crippen LogP contribution in [0.1, 0.15) is 12.5 Å². The molecule has 1 fully saturated rings. The third-order valence-electron chi connectivity index (χ3n) is 3.41. The molecule has 0 unspecified atom stereocenters. The van der Waals surface area contributed by atoms with Crippen LogP contribution in [0.4, 0.5) is 4.79 Å². The third kappa shape index (κ3) is 3.21. The number of hydrogen-bond donors (Lipinski definition) is 2. The van der Waals surface area contributed by atoms with E-state index in [-0.39, 0.29) is 18.5 Å². The minimum absolute atomic E-state index is 0.0100. The van der Waals surface area contributed by atoms with Gasteiger partial charge in [0.05, 0.1) is 5.92 Å². The predicted molar refractivity (Wildman–Crippen MR) is 68.3 cm³/mol. The van der Waals surface area contributed by atoms with E-state index in [0.29, 0.717) is 13.1 Å². The largest absolute Gasteiger partial charge is 0.481 e. The van der Waals surface area contributed by atoms with Crippen LogP contribution in [-0.4, -0.2) is 40.1 Å². The molecule has 102 valence electrons. The summed E-state index contributed by atoms with van der Waals surface area (Å²) in [4.78, 5) is 28.4. The molecule has 2 amide bonds. The minimum atomic E-state index is -0.836. The minimum Gasteiger partial charge on any atom is -0.481 e. The summed E-state index contributed by atoms with van der Waals surface area (Å²) in [6, 6.07) is 3.44. The van der Waals surface area contributed by atoms with Crippen molar-refractivity contribution in [1.29, 1.82) is 0 Å². The molecule has 6 nitrogen and oxygen atoms in total. The second-order valence-electron chi connectivity index (χ2n) is 4.84. The highest BCUT2D eigenvalue weighted by molar-refractivity contribution is 5.77. The van der Waals surface area contributed by atoms with Gasteiger partial charge in [0, 0.05) is 32.0 Å². The summed E-state index contributed by atoms with van der Waals surface area (Å²) in [7, 11) is 0. The molecule has 0 saturated carbocycles. The second kappa shape index (κ2) is 5.69. The summed E-state index contributed by atoms with van der Waals surface area (Å²) in [5, 5.41) is 11.8. The van der Waals surface area contributed by atoms with Crippen LogP contribution >= 0.6 is 0 Å². The summed E-state index contributed by atoms with van der Waals surface area (Å²) < 4.78 is 0. The first-order valence-corrected chi connectivity index (χ1v) is 6.22. The molecule has 0 aromatic carbocycles. The van der Waals surface area contributed by atoms with Gasteiger partial charge in [-0.1, -0.05) is 6.92 Å². The van der Waals surface area contributed by atoms with E-state index in [9.17, 15) is 9.59 Å². The molecule has 6 heteroatoms. The highest BCUT2D eigenvalue weighted by Crippen LogP contribution is 2.22. The number of aliphatic carboxylic acids is 1. The summed E-state index contributed by atoms with van der Waals surface area (Å²) in [5.74, 6) is -1.31. The first-order valence-electron chi connectivity index (χ1n) is 6.22. The monoisotopic (exact) mass is 263 g/mol. The fourth-order valence-corrected chi connectivity index (χ4v) is 2.24. The van der Waals surface area contributed by atoms with E-state index in [1.807, 2.05) is 19.1 Å². The van der Waals surface area contributed by atoms with Gasteiger partial charge in [-0.05, 0) is 23.6 Å². The number of amides is 2. The zero-order valence-electron chi connectivity index (χ0n) is 10.7. The number of rotatable bonds is 3. The number of carbonyl (C=O) groups is 2. The molecule has 1 aliphatic rings. The molecule has 0 spiro atoms. The molecule has 0 aliphatic carbocycles. The molecule has 1 aromatic rings. The Morgan fingerprint density at radius 2 is 2.11 bits per heavy atom. The number of carbonyl (C=O) groups excluding carboxylic acids is 1. The number of carboxylic acid groups (broad SMARTS) is 1. The van der Waals surface area contributed by atoms with E-state index in [0.717, 1.165) is 5.56 Å². The summed E-state index contributed by atoms with van der Waals surface area (Å²) in [6.07, 6.45) is 3.33. The van der Waals surface area contributed by atoms with Gasteiger partial charge in [0.25, 0.3) is 0 Å². The maximum atomic E-state index is 11.9. The Hall–Kier alpha value is -2.11. The molecule has 0 radical (unpaired) electrons. The Morgan fingerprint density at radius 3 is 2.68 bits per heavy atom. The smallest absolute Gasteiger partial charge is 0.317 e. The van der Waals surface area contributed by atoms with E-state index >= 15 is 0 Å². The van der Waals surface area contributed by atoms with Gasteiger partial charge in [-0.25, -0.2) is 4.79 Å². The van der Waals surface area contributed by atoms with Crippen LogP contribution in [0.5, 0.6) is 0 Å². The van der Waals surface area contributed by atoms with Gasteiger partial charge in [0.2, 0.25) is 0 Å². The number of hydrogen-bond acceptors (Lipinski definition) is 3. The van der Waals surface area contributed by atoms with Crippen LogP contribution in [0.3, 0.4) is 0 Å². The molecule has 2 heterocycles. The Bertz CT molecular complexity index is 463. The number of likely N-dealkylation sites (tertiary alicyclic amines) is 1. The molecule has 2 N–H and O–H groups in total. The molecular weight excluding hydrogens is 246 g/mol. The van der Waals surface area contributed by atoms with Crippen molar-refractivity contribution in [3.63, 3.8) is 0 Å². The lowest BCUT2D eigenvalue weighted by atomic mass is 9.99. The zero-order chi connectivity index (χ0) is 13.8. The molecule has 1 aliphatic heterocycles. The van der Waals surface area contributed by atoms with Crippen molar-refractivity contribution >= 4 is 12.0 Å². The van der Waals surface area contributed by atoms with Crippen LogP contribution in [0, 0.1) is 11.8 Å². The van der Waals surface area contributed by atoms with Crippen molar-refractivity contribution in [2.45, 2.75) is 13.5 Å². The van der Waals surface area contributed by atoms with Gasteiger partial charge in [-0.3, -0.25) is 9.78 Å². The van der Waals surface area contributed by atoms with Crippen molar-refractivity contribution in [1.82, 2.24) is 15.2 Å². The average molecular weight is 263 g/mol. The molecule has 2 atom stereocenters. The summed E-state index contributed by atoms with van der Waals surface area (Å²) >= 11 is 0. The number of nitrogens with one attached hydrogen (secondary N) is 1. The van der Waals surface area contributed by atoms with E-state index in [1.54, 1.807) is 17.3 Å². The maximum absolute atomic E-state index is 11.9. The molecule has 19 heavy (non-hydrogen) atoms. The lowest BCUT2D eigenvalue weighted by Gasteiger charge is -2.16. The van der Waals surface area contributed by atoms with Crippen molar-refractivity contribution in [2.24, 2.45) is 11.8 Å². The number of urea groups is 1. The lowest BCUT2D eigenvalue weighted by Crippen LogP contribution is -2.38. The normalized spacial score (nSPS) is 22.3. The Kier molecular flexibility index (Phi) is 3.99. The zero-order valence-corrected chi connectivity index (χ0v) is 10.7. The van der Waals surface area contributed by atoms with Crippen molar-refractivity contribution in [3.8, 4) is 0 Å². The first-order chi connectivity index (χ1) is 9.08. The average Bonchev–Trinajstić information content (AvgIpc) is 2.79. The number of nitrogens with zero attached hydrogens (tertiary/aromatic N) is 2. The molecule has 0 bridgehead atoms. The van der Waals surface area contributed by atoms with Gasteiger partial charge in [0.15, 0.2) is 0 Å². The molecule has 2 rings (SSSR count). The fraction of sp³-hybridized carbons (Fsp3) is 0.462. The highest BCUT2D eigenvalue weighted by atomic mass is 16.4. The fourth-order valence-electron chi connectivity index (χ4n) is 2.24. The van der Waals surface area contributed by atoms with Crippen LogP contribution in [0.15, 0.2) is 24.5 Å². The van der Waals surface area contributed by atoms with Crippen LogP contribution in [0.25, 0.3) is 0 Å². The standard InChI is InChI=1S/C13H17N3O3/c1-9-7-16(8-11(9)12(17)18)13(19)15-6-10-2-4-14-5-3-10/h2-5,9,11H,6-8H2,1H3,(H,15,19)(H,17,18)/t9-,11-/m1/s1. The summed E-state index contributed by atoms with van der Waals surface area (Å²) in [5.41, 5.74) is 0.963. The SMILES string of the molecule is C[C@@H]1CN(C(=O)NCc2ccncc2)C[C@H]1C(=O)O. The van der Waals surface area contributed by atoms with Gasteiger partial charge >= 0.3 is 12.0 Å². The molecule has 1 saturated heterocycles. The topological polar surface area (TPSA) is 82.5 Å². The van der Waals surface area contributed by atoms with Crippen molar-refractivity contribution in [2.75, 3.05) is 13.1 Å². The van der Waals surface area contributed by atoms with E-state index in [1.165, 1.54) is 0 Å². The molecular formula is C13H17N3O3. The summed E-state index contributed by atoms with van der Waals surface area (Å²) in [6.45, 7) is 3.04. The quantitative estimate of drug-likeness (QED) is 0.850. The number of pyridine rings is 1. The Labute approximate surface area is 111 Å². The number of aromatic nitrogens is 1.